The van der Waals surface area contributed by atoms with Gasteiger partial charge in [0.15, 0.2) is 13.2 Å². The van der Waals surface area contributed by atoms with E-state index in [4.69, 9.17) is 23.7 Å². The minimum atomic E-state index is -2.42. The van der Waals surface area contributed by atoms with Gasteiger partial charge in [0.05, 0.1) is 26.3 Å². The minimum Gasteiger partial charge on any atom is -0.497 e. The number of esters is 2. The first kappa shape index (κ1) is 44.9. The van der Waals surface area contributed by atoms with Gasteiger partial charge in [-0.15, -0.1) is 0 Å². The standard InChI is InChI=1S/C48H46N4O11S2/c1-59-35-22-18-31(19-23-35)33-20-24-45(49-27-33)51(64(55)56)41-14-4-12-39-37(41)10-6-16-43(39)61-29-47(53)63-48(54)30-62-44-17-7-11-38-40(44)13-5-15-42(38)52(65(57)58)46-25-21-34(28-50-46)32-8-3-9-36(26-32)60-2/h3,6-11,16-28,41-42H,4-5,12-15,29-30H2,1-2H3,(H,55,56)(H,57,58). The van der Waals surface area contributed by atoms with E-state index in [1.807, 2.05) is 72.8 Å². The molecule has 2 aliphatic carbocycles. The van der Waals surface area contributed by atoms with Gasteiger partial charge in [0, 0.05) is 23.5 Å². The maximum Gasteiger partial charge on any atom is 0.351 e. The highest BCUT2D eigenvalue weighted by Gasteiger charge is 2.34. The predicted molar refractivity (Wildman–Crippen MR) is 245 cm³/mol. The molecule has 4 unspecified atom stereocenters. The van der Waals surface area contributed by atoms with Crippen LogP contribution in [0.2, 0.25) is 0 Å². The molecule has 0 saturated carbocycles. The summed E-state index contributed by atoms with van der Waals surface area (Å²) in [4.78, 5) is 34.9. The van der Waals surface area contributed by atoms with Crippen molar-refractivity contribution in [1.29, 1.82) is 0 Å². The Bertz CT molecular complexity index is 2700. The molecule has 15 nitrogen and oxygen atoms in total. The van der Waals surface area contributed by atoms with Crippen molar-refractivity contribution in [2.45, 2.75) is 50.6 Å². The molecular weight excluding hydrogens is 873 g/mol. The van der Waals surface area contributed by atoms with Gasteiger partial charge >= 0.3 is 11.9 Å². The van der Waals surface area contributed by atoms with Crippen molar-refractivity contribution >= 4 is 46.1 Å². The number of anilines is 2. The van der Waals surface area contributed by atoms with Crippen LogP contribution >= 0.6 is 0 Å². The molecule has 336 valence electrons. The van der Waals surface area contributed by atoms with Gasteiger partial charge in [-0.05, 0) is 133 Å². The smallest absolute Gasteiger partial charge is 0.351 e. The fourth-order valence-corrected chi connectivity index (χ4v) is 9.86. The van der Waals surface area contributed by atoms with Gasteiger partial charge in [-0.3, -0.25) is 9.11 Å². The summed E-state index contributed by atoms with van der Waals surface area (Å²) in [5.74, 6) is 0.993. The van der Waals surface area contributed by atoms with E-state index in [1.165, 1.54) is 8.61 Å². The lowest BCUT2D eigenvalue weighted by atomic mass is 9.87. The van der Waals surface area contributed by atoms with Crippen LogP contribution in [0.5, 0.6) is 23.0 Å². The zero-order valence-corrected chi connectivity index (χ0v) is 37.2. The highest BCUT2D eigenvalue weighted by molar-refractivity contribution is 7.81. The van der Waals surface area contributed by atoms with Crippen molar-refractivity contribution < 1.29 is 50.8 Å². The number of nitrogens with zero attached hydrogens (tertiary/aromatic N) is 4. The Morgan fingerprint density at radius 2 is 1.08 bits per heavy atom. The molecule has 0 spiro atoms. The first-order chi connectivity index (χ1) is 31.6. The second kappa shape index (κ2) is 20.5. The third kappa shape index (κ3) is 10.2. The molecule has 65 heavy (non-hydrogen) atoms. The number of rotatable bonds is 16. The summed E-state index contributed by atoms with van der Waals surface area (Å²) in [6.07, 6.45) is 6.98. The summed E-state index contributed by atoms with van der Waals surface area (Å²) >= 11 is -4.84. The highest BCUT2D eigenvalue weighted by atomic mass is 32.2. The van der Waals surface area contributed by atoms with E-state index in [0.717, 1.165) is 50.3 Å². The van der Waals surface area contributed by atoms with E-state index >= 15 is 0 Å². The molecule has 2 N–H and O–H groups in total. The average molecular weight is 919 g/mol. The first-order valence-corrected chi connectivity index (χ1v) is 23.0. The van der Waals surface area contributed by atoms with E-state index in [-0.39, 0.29) is 0 Å². The van der Waals surface area contributed by atoms with Gasteiger partial charge in [-0.25, -0.2) is 36.6 Å². The zero-order chi connectivity index (χ0) is 45.5. The number of pyridine rings is 2. The highest BCUT2D eigenvalue weighted by Crippen LogP contribution is 2.43. The molecule has 2 heterocycles. The molecule has 6 aromatic rings. The SMILES string of the molecule is COc1ccc(-c2ccc(N(C3CCCc4c(OCC(=O)OC(=O)COc5cccc6c5CCCC6N(c5ccc(-c6cccc(OC)c6)cn5)S(=O)O)cccc43)S(=O)O)nc2)cc1. The lowest BCUT2D eigenvalue weighted by Gasteiger charge is -2.34. The number of fused-ring (bicyclic) bond motifs is 2. The molecule has 2 aromatic heterocycles. The van der Waals surface area contributed by atoms with Crippen LogP contribution in [0.15, 0.2) is 122 Å². The molecule has 0 aliphatic heterocycles. The fourth-order valence-electron chi connectivity index (χ4n) is 8.45. The van der Waals surface area contributed by atoms with Crippen molar-refractivity contribution in [1.82, 2.24) is 9.97 Å². The number of hydrogen-bond donors (Lipinski definition) is 2. The van der Waals surface area contributed by atoms with Crippen molar-refractivity contribution in [3.8, 4) is 45.3 Å². The molecule has 17 heteroatoms. The number of methoxy groups -OCH3 is 2. The van der Waals surface area contributed by atoms with Crippen LogP contribution in [0.1, 0.15) is 60.0 Å². The Kier molecular flexibility index (Phi) is 14.1. The maximum absolute atomic E-state index is 12.9. The number of aromatic nitrogens is 2. The van der Waals surface area contributed by atoms with E-state index in [9.17, 15) is 27.1 Å². The lowest BCUT2D eigenvalue weighted by molar-refractivity contribution is -0.162. The Labute approximate surface area is 381 Å². The van der Waals surface area contributed by atoms with Crippen LogP contribution in [0.25, 0.3) is 22.3 Å². The Balaban J connectivity index is 0.890. The minimum absolute atomic E-state index is 0.315. The topological polar surface area (TPSA) is 187 Å². The van der Waals surface area contributed by atoms with Crippen molar-refractivity contribution in [2.75, 3.05) is 36.0 Å². The van der Waals surface area contributed by atoms with Crippen LogP contribution in [0.4, 0.5) is 11.6 Å². The molecule has 0 saturated heterocycles. The van der Waals surface area contributed by atoms with E-state index in [0.29, 0.717) is 67.4 Å². The number of ether oxygens (including phenoxy) is 5. The van der Waals surface area contributed by atoms with E-state index in [2.05, 4.69) is 9.97 Å². The summed E-state index contributed by atoms with van der Waals surface area (Å²) in [7, 11) is 3.19. The van der Waals surface area contributed by atoms with Gasteiger partial charge in [-0.2, -0.15) is 0 Å². The van der Waals surface area contributed by atoms with E-state index < -0.39 is 59.8 Å². The molecular formula is C48H46N4O11S2. The third-order valence-electron chi connectivity index (χ3n) is 11.5. The van der Waals surface area contributed by atoms with Gasteiger partial charge in [0.2, 0.25) is 0 Å². The summed E-state index contributed by atoms with van der Waals surface area (Å²) in [5.41, 5.74) is 6.50. The predicted octanol–water partition coefficient (Wildman–Crippen LogP) is 8.40. The number of carbonyl (C=O) groups is 2. The fraction of sp³-hybridized carbons (Fsp3) is 0.250. The molecule has 2 aliphatic rings. The first-order valence-electron chi connectivity index (χ1n) is 20.9. The summed E-state index contributed by atoms with van der Waals surface area (Å²) in [6.45, 7) is -1.14. The van der Waals surface area contributed by atoms with Gasteiger partial charge in [0.25, 0.3) is 22.5 Å². The molecule has 0 fully saturated rings. The van der Waals surface area contributed by atoms with Crippen molar-refractivity contribution in [3.63, 3.8) is 0 Å². The average Bonchev–Trinajstić information content (AvgIpc) is 3.33. The normalized spacial score (nSPS) is 16.2. The summed E-state index contributed by atoms with van der Waals surface area (Å²) < 4.78 is 76.9. The van der Waals surface area contributed by atoms with Crippen LogP contribution in [-0.2, 0) is 49.7 Å². The molecule has 0 radical (unpaired) electrons. The Hall–Kier alpha value is -6.66. The van der Waals surface area contributed by atoms with Gasteiger partial charge in [-0.1, -0.05) is 48.5 Å². The second-order valence-electron chi connectivity index (χ2n) is 15.3. The molecule has 8 rings (SSSR count). The Morgan fingerprint density at radius 3 is 1.54 bits per heavy atom. The third-order valence-corrected chi connectivity index (χ3v) is 13.0. The number of carbonyl (C=O) groups excluding carboxylic acids is 2. The largest absolute Gasteiger partial charge is 0.497 e. The summed E-state index contributed by atoms with van der Waals surface area (Å²) in [6, 6.07) is 31.7. The van der Waals surface area contributed by atoms with Crippen LogP contribution in [0.3, 0.4) is 0 Å². The summed E-state index contributed by atoms with van der Waals surface area (Å²) in [5, 5.41) is 0. The number of benzene rings is 4. The quantitative estimate of drug-likeness (QED) is 0.0536. The Morgan fingerprint density at radius 1 is 0.600 bits per heavy atom. The molecule has 0 bridgehead atoms. The zero-order valence-electron chi connectivity index (χ0n) is 35.5. The second-order valence-corrected chi connectivity index (χ2v) is 17.0. The number of hydrogen-bond acceptors (Lipinski definition) is 11. The van der Waals surface area contributed by atoms with Crippen molar-refractivity contribution in [3.05, 3.63) is 144 Å². The van der Waals surface area contributed by atoms with Gasteiger partial charge in [0.1, 0.15) is 34.6 Å². The monoisotopic (exact) mass is 918 g/mol. The van der Waals surface area contributed by atoms with Crippen LogP contribution in [0, 0.1) is 0 Å². The van der Waals surface area contributed by atoms with Gasteiger partial charge < -0.3 is 23.7 Å². The van der Waals surface area contributed by atoms with Crippen LogP contribution < -0.4 is 27.6 Å². The molecule has 4 atom stereocenters. The van der Waals surface area contributed by atoms with E-state index in [1.54, 1.807) is 63.0 Å². The lowest BCUT2D eigenvalue weighted by Crippen LogP contribution is -2.33. The molecule has 0 amide bonds. The maximum atomic E-state index is 12.9. The molecule has 4 aromatic carbocycles. The van der Waals surface area contributed by atoms with Crippen molar-refractivity contribution in [2.24, 2.45) is 0 Å². The van der Waals surface area contributed by atoms with Crippen LogP contribution in [-0.4, -0.2) is 66.9 Å².